The third-order valence-corrected chi connectivity index (χ3v) is 2.74. The Hall–Kier alpha value is -1.36. The first-order valence-electron chi connectivity index (χ1n) is 6.11. The van der Waals surface area contributed by atoms with Crippen molar-refractivity contribution < 1.29 is 17.6 Å². The average Bonchev–Trinajstić information content (AvgIpc) is 2.32. The quantitative estimate of drug-likeness (QED) is 0.597. The smallest absolute Gasteiger partial charge is 0.310 e. The molecule has 0 fully saturated rings. The van der Waals surface area contributed by atoms with E-state index in [0.717, 1.165) is 24.6 Å². The second kappa shape index (κ2) is 6.70. The fraction of sp³-hybridized carbons (Fsp3) is 0.429. The summed E-state index contributed by atoms with van der Waals surface area (Å²) in [6.07, 6.45) is -1.87. The molecule has 0 aromatic heterocycles. The molecule has 106 valence electrons. The normalized spacial score (nSPS) is 13.3. The van der Waals surface area contributed by atoms with Crippen molar-refractivity contribution in [2.24, 2.45) is 0 Å². The van der Waals surface area contributed by atoms with Gasteiger partial charge in [0.15, 0.2) is 0 Å². The van der Waals surface area contributed by atoms with Crippen LogP contribution in [-0.4, -0.2) is 6.54 Å². The van der Waals surface area contributed by atoms with Gasteiger partial charge >= 0.3 is 6.18 Å². The summed E-state index contributed by atoms with van der Waals surface area (Å²) in [6.45, 7) is 6.01. The molecule has 0 bridgehead atoms. The summed E-state index contributed by atoms with van der Waals surface area (Å²) < 4.78 is 52.0. The number of benzene rings is 1. The fourth-order valence-corrected chi connectivity index (χ4v) is 1.89. The molecule has 19 heavy (non-hydrogen) atoms. The second-order valence-electron chi connectivity index (χ2n) is 4.26. The van der Waals surface area contributed by atoms with Crippen molar-refractivity contribution in [2.45, 2.75) is 32.0 Å². The summed E-state index contributed by atoms with van der Waals surface area (Å²) in [5.41, 5.74) is -0.870. The number of alkyl halides is 3. The Morgan fingerprint density at radius 2 is 2.05 bits per heavy atom. The van der Waals surface area contributed by atoms with E-state index >= 15 is 0 Å². The highest BCUT2D eigenvalue weighted by Gasteiger charge is 2.35. The van der Waals surface area contributed by atoms with E-state index in [0.29, 0.717) is 13.0 Å². The predicted octanol–water partition coefficient (Wildman–Crippen LogP) is 4.46. The molecular weight excluding hydrogens is 258 g/mol. The lowest BCUT2D eigenvalue weighted by Gasteiger charge is -2.22. The van der Waals surface area contributed by atoms with Gasteiger partial charge in [-0.05, 0) is 43.1 Å². The third-order valence-electron chi connectivity index (χ3n) is 2.74. The molecule has 0 aliphatic carbocycles. The Kier molecular flexibility index (Phi) is 5.54. The maximum atomic E-state index is 13.2. The standard InChI is InChI=1S/C14H17F4N/c1-3-5-13(19-8-4-2)11-9-10(15)6-7-12(11)14(16,17)18/h3,6-7,9,13,19H,1,4-5,8H2,2H3. The van der Waals surface area contributed by atoms with Crippen LogP contribution in [0.3, 0.4) is 0 Å². The molecule has 0 aliphatic heterocycles. The van der Waals surface area contributed by atoms with Crippen LogP contribution in [0, 0.1) is 5.82 Å². The summed E-state index contributed by atoms with van der Waals surface area (Å²) in [4.78, 5) is 0. The van der Waals surface area contributed by atoms with E-state index in [4.69, 9.17) is 0 Å². The molecule has 5 heteroatoms. The van der Waals surface area contributed by atoms with Crippen LogP contribution >= 0.6 is 0 Å². The number of nitrogens with one attached hydrogen (secondary N) is 1. The minimum absolute atomic E-state index is 0.0687. The van der Waals surface area contributed by atoms with Crippen molar-refractivity contribution >= 4 is 0 Å². The molecule has 0 saturated heterocycles. The van der Waals surface area contributed by atoms with E-state index in [1.54, 1.807) is 0 Å². The van der Waals surface area contributed by atoms with Crippen molar-refractivity contribution in [3.8, 4) is 0 Å². The van der Waals surface area contributed by atoms with Gasteiger partial charge in [0.1, 0.15) is 5.82 Å². The van der Waals surface area contributed by atoms with Crippen LogP contribution in [0.1, 0.15) is 36.9 Å². The van der Waals surface area contributed by atoms with Gasteiger partial charge in [-0.3, -0.25) is 0 Å². The number of hydrogen-bond acceptors (Lipinski definition) is 1. The second-order valence-corrected chi connectivity index (χ2v) is 4.26. The predicted molar refractivity (Wildman–Crippen MR) is 67.3 cm³/mol. The van der Waals surface area contributed by atoms with Gasteiger partial charge in [-0.2, -0.15) is 13.2 Å². The van der Waals surface area contributed by atoms with Crippen LogP contribution in [-0.2, 0) is 6.18 Å². The molecule has 1 aromatic carbocycles. The molecule has 0 saturated carbocycles. The number of hydrogen-bond donors (Lipinski definition) is 1. The lowest BCUT2D eigenvalue weighted by Crippen LogP contribution is -2.24. The van der Waals surface area contributed by atoms with Crippen LogP contribution in [0.4, 0.5) is 17.6 Å². The molecule has 1 rings (SSSR count). The van der Waals surface area contributed by atoms with Gasteiger partial charge in [-0.25, -0.2) is 4.39 Å². The summed E-state index contributed by atoms with van der Waals surface area (Å²) >= 11 is 0. The zero-order valence-electron chi connectivity index (χ0n) is 10.7. The monoisotopic (exact) mass is 275 g/mol. The van der Waals surface area contributed by atoms with Crippen LogP contribution in [0.15, 0.2) is 30.9 Å². The summed E-state index contributed by atoms with van der Waals surface area (Å²) in [5.74, 6) is -0.671. The highest BCUT2D eigenvalue weighted by molar-refractivity contribution is 5.33. The SMILES string of the molecule is C=CCC(NCCC)c1cc(F)ccc1C(F)(F)F. The van der Waals surface area contributed by atoms with Crippen molar-refractivity contribution in [3.05, 3.63) is 47.8 Å². The first-order chi connectivity index (χ1) is 8.90. The molecule has 1 N–H and O–H groups in total. The van der Waals surface area contributed by atoms with Crippen LogP contribution in [0.5, 0.6) is 0 Å². The van der Waals surface area contributed by atoms with Crippen molar-refractivity contribution in [1.82, 2.24) is 5.32 Å². The third kappa shape index (κ3) is 4.35. The molecule has 0 heterocycles. The zero-order chi connectivity index (χ0) is 14.5. The van der Waals surface area contributed by atoms with E-state index in [9.17, 15) is 17.6 Å². The molecule has 0 radical (unpaired) electrons. The van der Waals surface area contributed by atoms with Crippen molar-refractivity contribution in [2.75, 3.05) is 6.54 Å². The summed E-state index contributed by atoms with van der Waals surface area (Å²) in [7, 11) is 0. The maximum Gasteiger partial charge on any atom is 0.416 e. The minimum Gasteiger partial charge on any atom is -0.310 e. The molecule has 0 amide bonds. The molecule has 0 aliphatic rings. The summed E-state index contributed by atoms with van der Waals surface area (Å²) in [6, 6.07) is 1.98. The van der Waals surface area contributed by atoms with E-state index in [-0.39, 0.29) is 5.56 Å². The number of rotatable bonds is 6. The molecule has 1 unspecified atom stereocenters. The van der Waals surface area contributed by atoms with Gasteiger partial charge in [-0.1, -0.05) is 13.0 Å². The fourth-order valence-electron chi connectivity index (χ4n) is 1.89. The minimum atomic E-state index is -4.49. The van der Waals surface area contributed by atoms with Crippen LogP contribution in [0.2, 0.25) is 0 Å². The lowest BCUT2D eigenvalue weighted by molar-refractivity contribution is -0.138. The van der Waals surface area contributed by atoms with E-state index < -0.39 is 23.6 Å². The van der Waals surface area contributed by atoms with E-state index in [1.165, 1.54) is 6.08 Å². The van der Waals surface area contributed by atoms with Crippen LogP contribution in [0.25, 0.3) is 0 Å². The molecular formula is C14H17F4N. The largest absolute Gasteiger partial charge is 0.416 e. The van der Waals surface area contributed by atoms with Crippen molar-refractivity contribution in [1.29, 1.82) is 0 Å². The first-order valence-corrected chi connectivity index (χ1v) is 6.11. The van der Waals surface area contributed by atoms with Gasteiger partial charge in [-0.15, -0.1) is 6.58 Å². The van der Waals surface area contributed by atoms with E-state index in [1.807, 2.05) is 6.92 Å². The Morgan fingerprint density at radius 1 is 1.37 bits per heavy atom. The maximum absolute atomic E-state index is 13.2. The molecule has 1 aromatic rings. The molecule has 1 nitrogen and oxygen atoms in total. The average molecular weight is 275 g/mol. The number of halogens is 4. The van der Waals surface area contributed by atoms with Gasteiger partial charge in [0, 0.05) is 6.04 Å². The topological polar surface area (TPSA) is 12.0 Å². The Labute approximate surface area is 110 Å². The molecule has 0 spiro atoms. The first kappa shape index (κ1) is 15.7. The molecule has 1 atom stereocenters. The van der Waals surface area contributed by atoms with Gasteiger partial charge in [0.05, 0.1) is 5.56 Å². The van der Waals surface area contributed by atoms with Gasteiger partial charge in [0.2, 0.25) is 0 Å². The van der Waals surface area contributed by atoms with Gasteiger partial charge < -0.3 is 5.32 Å². The van der Waals surface area contributed by atoms with Crippen LogP contribution < -0.4 is 5.32 Å². The van der Waals surface area contributed by atoms with Gasteiger partial charge in [0.25, 0.3) is 0 Å². The lowest BCUT2D eigenvalue weighted by atomic mass is 9.97. The zero-order valence-corrected chi connectivity index (χ0v) is 10.7. The highest BCUT2D eigenvalue weighted by atomic mass is 19.4. The Bertz CT molecular complexity index is 426. The van der Waals surface area contributed by atoms with Crippen molar-refractivity contribution in [3.63, 3.8) is 0 Å². The summed E-state index contributed by atoms with van der Waals surface area (Å²) in [5, 5.41) is 2.99. The Balaban J connectivity index is 3.18. The Morgan fingerprint density at radius 3 is 2.58 bits per heavy atom. The van der Waals surface area contributed by atoms with E-state index in [2.05, 4.69) is 11.9 Å². The highest BCUT2D eigenvalue weighted by Crippen LogP contribution is 2.36.